The number of aromatic hydroxyl groups is 2. The number of para-hydroxylation sites is 1. The molecule has 1 amide bonds. The number of phenols is 2. The molecule has 18 heavy (non-hydrogen) atoms. The molecule has 0 bridgehead atoms. The number of amides is 1. The van der Waals surface area contributed by atoms with Gasteiger partial charge in [-0.15, -0.1) is 0 Å². The van der Waals surface area contributed by atoms with Gasteiger partial charge in [-0.1, -0.05) is 6.07 Å². The zero-order chi connectivity index (χ0) is 13.1. The van der Waals surface area contributed by atoms with Crippen molar-refractivity contribution in [3.05, 3.63) is 41.7 Å². The highest BCUT2D eigenvalue weighted by atomic mass is 16.3. The molecule has 6 nitrogen and oxygen atoms in total. The van der Waals surface area contributed by atoms with Crippen LogP contribution in [0.15, 0.2) is 30.5 Å². The van der Waals surface area contributed by atoms with Gasteiger partial charge in [0, 0.05) is 13.2 Å². The zero-order valence-electron chi connectivity index (χ0n) is 9.79. The van der Waals surface area contributed by atoms with Gasteiger partial charge in [0.05, 0.1) is 17.8 Å². The number of benzene rings is 1. The third kappa shape index (κ3) is 2.27. The molecule has 0 atom stereocenters. The molecule has 1 heterocycles. The van der Waals surface area contributed by atoms with Crippen LogP contribution in [0.4, 0.5) is 0 Å². The average Bonchev–Trinajstić information content (AvgIpc) is 2.75. The highest BCUT2D eigenvalue weighted by Gasteiger charge is 2.13. The van der Waals surface area contributed by atoms with Crippen molar-refractivity contribution >= 4 is 5.91 Å². The molecule has 0 saturated heterocycles. The van der Waals surface area contributed by atoms with Crippen LogP contribution in [0.5, 0.6) is 11.5 Å². The predicted octanol–water partition coefficient (Wildman–Crippen LogP) is 0.761. The predicted molar refractivity (Wildman–Crippen MR) is 64.1 cm³/mol. The van der Waals surface area contributed by atoms with Gasteiger partial charge in [-0.3, -0.25) is 9.48 Å². The molecule has 2 rings (SSSR count). The molecule has 6 heteroatoms. The summed E-state index contributed by atoms with van der Waals surface area (Å²) in [4.78, 5) is 11.8. The summed E-state index contributed by atoms with van der Waals surface area (Å²) in [5.74, 6) is -1.19. The first kappa shape index (κ1) is 12.0. The zero-order valence-corrected chi connectivity index (χ0v) is 9.79. The minimum Gasteiger partial charge on any atom is -0.504 e. The van der Waals surface area contributed by atoms with E-state index >= 15 is 0 Å². The van der Waals surface area contributed by atoms with Gasteiger partial charge >= 0.3 is 0 Å². The monoisotopic (exact) mass is 247 g/mol. The van der Waals surface area contributed by atoms with E-state index in [2.05, 4.69) is 10.4 Å². The summed E-state index contributed by atoms with van der Waals surface area (Å²) in [5, 5.41) is 25.5. The van der Waals surface area contributed by atoms with Crippen molar-refractivity contribution in [3.63, 3.8) is 0 Å². The Hall–Kier alpha value is -2.50. The van der Waals surface area contributed by atoms with Gasteiger partial charge in [0.2, 0.25) is 0 Å². The molecule has 0 aliphatic rings. The van der Waals surface area contributed by atoms with Gasteiger partial charge in [0.25, 0.3) is 5.91 Å². The van der Waals surface area contributed by atoms with E-state index in [9.17, 15) is 15.0 Å². The first-order valence-electron chi connectivity index (χ1n) is 5.35. The SMILES string of the molecule is Cn1nccc1CNC(=O)c1cccc(O)c1O. The lowest BCUT2D eigenvalue weighted by Crippen LogP contribution is -2.24. The summed E-state index contributed by atoms with van der Waals surface area (Å²) < 4.78 is 1.64. The molecule has 0 unspecified atom stereocenters. The molecule has 2 aromatic rings. The van der Waals surface area contributed by atoms with Crippen molar-refractivity contribution in [1.29, 1.82) is 0 Å². The Balaban J connectivity index is 2.09. The Kier molecular flexibility index (Phi) is 3.18. The Bertz CT molecular complexity index is 578. The summed E-state index contributed by atoms with van der Waals surface area (Å²) in [6, 6.07) is 6.03. The van der Waals surface area contributed by atoms with Crippen LogP contribution >= 0.6 is 0 Å². The Morgan fingerprint density at radius 1 is 1.39 bits per heavy atom. The highest BCUT2D eigenvalue weighted by Crippen LogP contribution is 2.27. The van der Waals surface area contributed by atoms with Gasteiger partial charge in [0.15, 0.2) is 11.5 Å². The quantitative estimate of drug-likeness (QED) is 0.699. The molecule has 0 spiro atoms. The average molecular weight is 247 g/mol. The molecule has 0 saturated carbocycles. The van der Waals surface area contributed by atoms with E-state index < -0.39 is 11.7 Å². The number of nitrogens with one attached hydrogen (secondary N) is 1. The molecule has 0 fully saturated rings. The largest absolute Gasteiger partial charge is 0.504 e. The van der Waals surface area contributed by atoms with E-state index in [1.165, 1.54) is 18.2 Å². The fourth-order valence-electron chi connectivity index (χ4n) is 1.56. The lowest BCUT2D eigenvalue weighted by molar-refractivity contribution is 0.0946. The van der Waals surface area contributed by atoms with Crippen molar-refractivity contribution in [3.8, 4) is 11.5 Å². The van der Waals surface area contributed by atoms with Crippen LogP contribution < -0.4 is 5.32 Å². The number of hydrogen-bond acceptors (Lipinski definition) is 4. The number of aromatic nitrogens is 2. The van der Waals surface area contributed by atoms with Gasteiger partial charge in [-0.25, -0.2) is 0 Å². The fourth-order valence-corrected chi connectivity index (χ4v) is 1.56. The van der Waals surface area contributed by atoms with E-state index in [1.54, 1.807) is 24.0 Å². The summed E-state index contributed by atoms with van der Waals surface area (Å²) in [6.07, 6.45) is 1.63. The van der Waals surface area contributed by atoms with Crippen molar-refractivity contribution in [2.75, 3.05) is 0 Å². The lowest BCUT2D eigenvalue weighted by Gasteiger charge is -2.07. The molecular weight excluding hydrogens is 234 g/mol. The van der Waals surface area contributed by atoms with Crippen LogP contribution in [0.25, 0.3) is 0 Å². The smallest absolute Gasteiger partial charge is 0.255 e. The molecule has 1 aromatic heterocycles. The summed E-state index contributed by atoms with van der Waals surface area (Å²) >= 11 is 0. The van der Waals surface area contributed by atoms with Crippen molar-refractivity contribution < 1.29 is 15.0 Å². The van der Waals surface area contributed by atoms with Gasteiger partial charge < -0.3 is 15.5 Å². The molecule has 0 radical (unpaired) electrons. The Morgan fingerprint density at radius 2 is 2.17 bits per heavy atom. The van der Waals surface area contributed by atoms with Crippen LogP contribution in [-0.2, 0) is 13.6 Å². The van der Waals surface area contributed by atoms with E-state index in [-0.39, 0.29) is 11.3 Å². The number of hydrogen-bond donors (Lipinski definition) is 3. The molecule has 1 aromatic carbocycles. The maximum Gasteiger partial charge on any atom is 0.255 e. The summed E-state index contributed by atoms with van der Waals surface area (Å²) in [7, 11) is 1.77. The molecule has 3 N–H and O–H groups in total. The molecule has 0 aliphatic carbocycles. The second-order valence-electron chi connectivity index (χ2n) is 3.80. The number of nitrogens with zero attached hydrogens (tertiary/aromatic N) is 2. The molecule has 0 aliphatic heterocycles. The van der Waals surface area contributed by atoms with Crippen LogP contribution in [-0.4, -0.2) is 25.9 Å². The third-order valence-electron chi connectivity index (χ3n) is 2.61. The van der Waals surface area contributed by atoms with Crippen molar-refractivity contribution in [2.24, 2.45) is 7.05 Å². The first-order chi connectivity index (χ1) is 8.59. The number of carbonyl (C=O) groups excluding carboxylic acids is 1. The minimum atomic E-state index is -0.454. The van der Waals surface area contributed by atoms with Crippen LogP contribution in [0, 0.1) is 0 Å². The van der Waals surface area contributed by atoms with Gasteiger partial charge in [0.1, 0.15) is 0 Å². The Morgan fingerprint density at radius 3 is 2.83 bits per heavy atom. The van der Waals surface area contributed by atoms with Crippen molar-refractivity contribution in [2.45, 2.75) is 6.54 Å². The number of rotatable bonds is 3. The maximum absolute atomic E-state index is 11.8. The van der Waals surface area contributed by atoms with E-state index in [4.69, 9.17) is 0 Å². The summed E-state index contributed by atoms with van der Waals surface area (Å²) in [6.45, 7) is 0.296. The fraction of sp³-hybridized carbons (Fsp3) is 0.167. The van der Waals surface area contributed by atoms with E-state index in [1.807, 2.05) is 0 Å². The molecule has 94 valence electrons. The van der Waals surface area contributed by atoms with Crippen LogP contribution in [0.3, 0.4) is 0 Å². The third-order valence-corrected chi connectivity index (χ3v) is 2.61. The van der Waals surface area contributed by atoms with Gasteiger partial charge in [-0.2, -0.15) is 5.10 Å². The number of carbonyl (C=O) groups is 1. The van der Waals surface area contributed by atoms with Crippen molar-refractivity contribution in [1.82, 2.24) is 15.1 Å². The highest BCUT2D eigenvalue weighted by molar-refractivity contribution is 5.97. The Labute approximate surface area is 103 Å². The topological polar surface area (TPSA) is 87.4 Å². The van der Waals surface area contributed by atoms with Gasteiger partial charge in [-0.05, 0) is 18.2 Å². The summed E-state index contributed by atoms with van der Waals surface area (Å²) in [5.41, 5.74) is 0.875. The van der Waals surface area contributed by atoms with E-state index in [0.29, 0.717) is 6.54 Å². The lowest BCUT2D eigenvalue weighted by atomic mass is 10.1. The minimum absolute atomic E-state index is 0.0390. The maximum atomic E-state index is 11.8. The second kappa shape index (κ2) is 4.79. The first-order valence-corrected chi connectivity index (χ1v) is 5.35. The normalized spacial score (nSPS) is 10.3. The van der Waals surface area contributed by atoms with Crippen LogP contribution in [0.2, 0.25) is 0 Å². The second-order valence-corrected chi connectivity index (χ2v) is 3.80. The van der Waals surface area contributed by atoms with E-state index in [0.717, 1.165) is 5.69 Å². The number of phenolic OH excluding ortho intramolecular Hbond substituents is 2. The molecular formula is C12H13N3O3. The standard InChI is InChI=1S/C12H13N3O3/c1-15-8(5-6-14-15)7-13-12(18)9-3-2-4-10(16)11(9)17/h2-6,16-17H,7H2,1H3,(H,13,18). The number of aryl methyl sites for hydroxylation is 1. The van der Waals surface area contributed by atoms with Crippen LogP contribution in [0.1, 0.15) is 16.1 Å².